The summed E-state index contributed by atoms with van der Waals surface area (Å²) in [6, 6.07) is 6.75. The zero-order valence-electron chi connectivity index (χ0n) is 14.2. The Hall–Kier alpha value is -2.25. The Bertz CT molecular complexity index is 732. The molecule has 0 radical (unpaired) electrons. The molecule has 2 rings (SSSR count). The average molecular weight is 346 g/mol. The Balaban J connectivity index is 2.08. The van der Waals surface area contributed by atoms with E-state index in [1.807, 2.05) is 50.4 Å². The number of nitrogens with one attached hydrogen (secondary N) is 2. The first-order valence-electron chi connectivity index (χ1n) is 7.57. The molecule has 2 amide bonds. The summed E-state index contributed by atoms with van der Waals surface area (Å²) in [5.74, 6) is -0.360. The van der Waals surface area contributed by atoms with Gasteiger partial charge in [-0.1, -0.05) is 32.9 Å². The first-order chi connectivity index (χ1) is 11.2. The molecule has 0 unspecified atom stereocenters. The molecular formula is C17H22N4O2S. The molecule has 1 heterocycles. The van der Waals surface area contributed by atoms with Crippen molar-refractivity contribution in [3.05, 3.63) is 29.6 Å². The summed E-state index contributed by atoms with van der Waals surface area (Å²) < 4.78 is 0. The largest absolute Gasteiger partial charge is 0.326 e. The molecule has 24 heavy (non-hydrogen) atoms. The predicted molar refractivity (Wildman–Crippen MR) is 97.9 cm³/mol. The second kappa shape index (κ2) is 7.11. The first kappa shape index (κ1) is 18.1. The van der Waals surface area contributed by atoms with Crippen molar-refractivity contribution in [3.8, 4) is 11.3 Å². The van der Waals surface area contributed by atoms with Crippen molar-refractivity contribution >= 4 is 34.0 Å². The van der Waals surface area contributed by atoms with Gasteiger partial charge in [-0.3, -0.25) is 9.59 Å². The molecule has 128 valence electrons. The summed E-state index contributed by atoms with van der Waals surface area (Å²) in [5, 5.41) is 7.86. The average Bonchev–Trinajstić information content (AvgIpc) is 2.94. The number of anilines is 2. The number of nitrogens with two attached hydrogens (primary N) is 1. The Morgan fingerprint density at radius 3 is 2.33 bits per heavy atom. The van der Waals surface area contributed by atoms with Crippen LogP contribution in [0, 0.1) is 5.41 Å². The monoisotopic (exact) mass is 346 g/mol. The number of hydrogen-bond acceptors (Lipinski definition) is 5. The van der Waals surface area contributed by atoms with Gasteiger partial charge in [0.2, 0.25) is 11.8 Å². The molecule has 0 bridgehead atoms. The fourth-order valence-corrected chi connectivity index (χ4v) is 2.69. The van der Waals surface area contributed by atoms with E-state index in [4.69, 9.17) is 5.73 Å². The maximum absolute atomic E-state index is 12.1. The number of hydrogen-bond donors (Lipinski definition) is 3. The molecule has 0 aliphatic carbocycles. The van der Waals surface area contributed by atoms with E-state index in [1.165, 1.54) is 18.3 Å². The van der Waals surface area contributed by atoms with Crippen LogP contribution in [-0.2, 0) is 9.59 Å². The molecule has 4 N–H and O–H groups in total. The van der Waals surface area contributed by atoms with Crippen molar-refractivity contribution in [3.63, 3.8) is 0 Å². The van der Waals surface area contributed by atoms with Gasteiger partial charge < -0.3 is 16.4 Å². The molecule has 1 aromatic carbocycles. The minimum Gasteiger partial charge on any atom is -0.326 e. The summed E-state index contributed by atoms with van der Waals surface area (Å²) in [6.07, 6.45) is 0. The van der Waals surface area contributed by atoms with Crippen LogP contribution >= 0.6 is 11.3 Å². The highest BCUT2D eigenvalue weighted by atomic mass is 32.1. The first-order valence-corrected chi connectivity index (χ1v) is 8.45. The SMILES string of the molecule is CC(=O)Nc1ccc(-c2csc(NC(=O)[C@@H](N)C(C)(C)C)n2)cc1. The maximum atomic E-state index is 12.1. The van der Waals surface area contributed by atoms with Gasteiger partial charge in [-0.15, -0.1) is 11.3 Å². The van der Waals surface area contributed by atoms with Crippen molar-refractivity contribution in [2.45, 2.75) is 33.7 Å². The third-order valence-corrected chi connectivity index (χ3v) is 4.21. The van der Waals surface area contributed by atoms with Gasteiger partial charge in [-0.05, 0) is 17.5 Å². The summed E-state index contributed by atoms with van der Waals surface area (Å²) in [5.41, 5.74) is 8.02. The topological polar surface area (TPSA) is 97.1 Å². The van der Waals surface area contributed by atoms with Gasteiger partial charge in [0, 0.05) is 23.6 Å². The third kappa shape index (κ3) is 4.62. The Labute approximate surface area is 145 Å². The van der Waals surface area contributed by atoms with E-state index in [1.54, 1.807) is 0 Å². The van der Waals surface area contributed by atoms with E-state index in [9.17, 15) is 9.59 Å². The van der Waals surface area contributed by atoms with E-state index in [2.05, 4.69) is 15.6 Å². The minimum absolute atomic E-state index is 0.114. The van der Waals surface area contributed by atoms with Gasteiger partial charge >= 0.3 is 0 Å². The van der Waals surface area contributed by atoms with E-state index >= 15 is 0 Å². The maximum Gasteiger partial charge on any atom is 0.243 e. The number of thiazole rings is 1. The fraction of sp³-hybridized carbons (Fsp3) is 0.353. The van der Waals surface area contributed by atoms with Crippen LogP contribution < -0.4 is 16.4 Å². The summed E-state index contributed by atoms with van der Waals surface area (Å²) in [7, 11) is 0. The molecular weight excluding hydrogens is 324 g/mol. The lowest BCUT2D eigenvalue weighted by molar-refractivity contribution is -0.119. The number of carbonyl (C=O) groups is 2. The molecule has 6 nitrogen and oxygen atoms in total. The number of carbonyl (C=O) groups excluding carboxylic acids is 2. The van der Waals surface area contributed by atoms with Crippen LogP contribution in [0.3, 0.4) is 0 Å². The van der Waals surface area contributed by atoms with Gasteiger partial charge in [0.05, 0.1) is 11.7 Å². The second-order valence-corrected chi connectivity index (χ2v) is 7.49. The predicted octanol–water partition coefficient (Wildman–Crippen LogP) is 3.08. The van der Waals surface area contributed by atoms with Crippen LogP contribution in [-0.4, -0.2) is 22.8 Å². The van der Waals surface area contributed by atoms with Crippen molar-refractivity contribution in [1.29, 1.82) is 0 Å². The van der Waals surface area contributed by atoms with Gasteiger partial charge in [0.1, 0.15) is 0 Å². The van der Waals surface area contributed by atoms with Crippen molar-refractivity contribution in [2.24, 2.45) is 11.1 Å². The zero-order chi connectivity index (χ0) is 17.9. The molecule has 0 saturated carbocycles. The standard InChI is InChI=1S/C17H22N4O2S/c1-10(22)19-12-7-5-11(6-8-12)13-9-24-16(20-13)21-15(23)14(18)17(2,3)4/h5-9,14H,18H2,1-4H3,(H,19,22)(H,20,21,23)/t14-/m1/s1. The molecule has 7 heteroatoms. The third-order valence-electron chi connectivity index (χ3n) is 3.45. The van der Waals surface area contributed by atoms with Crippen LogP contribution in [0.15, 0.2) is 29.6 Å². The smallest absolute Gasteiger partial charge is 0.243 e. The van der Waals surface area contributed by atoms with Crippen LogP contribution in [0.4, 0.5) is 10.8 Å². The molecule has 0 saturated heterocycles. The quantitative estimate of drug-likeness (QED) is 0.792. The fourth-order valence-electron chi connectivity index (χ4n) is 1.97. The molecule has 1 atom stereocenters. The number of amides is 2. The van der Waals surface area contributed by atoms with E-state index in [0.29, 0.717) is 5.13 Å². The Kier molecular flexibility index (Phi) is 5.36. The van der Waals surface area contributed by atoms with Gasteiger partial charge in [-0.2, -0.15) is 0 Å². The summed E-state index contributed by atoms with van der Waals surface area (Å²) in [6.45, 7) is 7.22. The van der Waals surface area contributed by atoms with Gasteiger partial charge in [-0.25, -0.2) is 4.98 Å². The molecule has 0 aliphatic rings. The highest BCUT2D eigenvalue weighted by Gasteiger charge is 2.27. The number of rotatable bonds is 4. The number of nitrogens with zero attached hydrogens (tertiary/aromatic N) is 1. The normalized spacial score (nSPS) is 12.5. The molecule has 0 aliphatic heterocycles. The van der Waals surface area contributed by atoms with Crippen LogP contribution in [0.5, 0.6) is 0 Å². The van der Waals surface area contributed by atoms with Gasteiger partial charge in [0.15, 0.2) is 5.13 Å². The minimum atomic E-state index is -0.609. The molecule has 2 aromatic rings. The van der Waals surface area contributed by atoms with Crippen molar-refractivity contribution in [1.82, 2.24) is 4.98 Å². The van der Waals surface area contributed by atoms with Crippen LogP contribution in [0.1, 0.15) is 27.7 Å². The van der Waals surface area contributed by atoms with E-state index < -0.39 is 6.04 Å². The van der Waals surface area contributed by atoms with Crippen LogP contribution in [0.2, 0.25) is 0 Å². The van der Waals surface area contributed by atoms with E-state index in [0.717, 1.165) is 16.9 Å². The lowest BCUT2D eigenvalue weighted by Crippen LogP contribution is -2.45. The Morgan fingerprint density at radius 2 is 1.79 bits per heavy atom. The van der Waals surface area contributed by atoms with E-state index in [-0.39, 0.29) is 17.2 Å². The lowest BCUT2D eigenvalue weighted by Gasteiger charge is -2.25. The van der Waals surface area contributed by atoms with Crippen LogP contribution in [0.25, 0.3) is 11.3 Å². The van der Waals surface area contributed by atoms with Crippen molar-refractivity contribution < 1.29 is 9.59 Å². The number of aromatic nitrogens is 1. The zero-order valence-corrected chi connectivity index (χ0v) is 15.0. The van der Waals surface area contributed by atoms with Crippen molar-refractivity contribution in [2.75, 3.05) is 10.6 Å². The number of benzene rings is 1. The highest BCUT2D eigenvalue weighted by Crippen LogP contribution is 2.27. The molecule has 0 spiro atoms. The Morgan fingerprint density at radius 1 is 1.17 bits per heavy atom. The highest BCUT2D eigenvalue weighted by molar-refractivity contribution is 7.14. The lowest BCUT2D eigenvalue weighted by atomic mass is 9.87. The molecule has 1 aromatic heterocycles. The summed E-state index contributed by atoms with van der Waals surface area (Å²) >= 11 is 1.35. The second-order valence-electron chi connectivity index (χ2n) is 6.63. The molecule has 0 fully saturated rings. The summed E-state index contributed by atoms with van der Waals surface area (Å²) in [4.78, 5) is 27.6. The van der Waals surface area contributed by atoms with Gasteiger partial charge in [0.25, 0.3) is 0 Å².